The van der Waals surface area contributed by atoms with E-state index in [2.05, 4.69) is 16.7 Å². The number of allylic oxidation sites excluding steroid dienone is 1. The summed E-state index contributed by atoms with van der Waals surface area (Å²) in [6.45, 7) is 5.08. The van der Waals surface area contributed by atoms with Crippen LogP contribution in [0.1, 0.15) is 29.4 Å². The molecule has 0 saturated heterocycles. The zero-order valence-electron chi connectivity index (χ0n) is 10.1. The number of carbonyl (C=O) groups is 2. The molecule has 0 aromatic carbocycles. The van der Waals surface area contributed by atoms with E-state index in [1.54, 1.807) is 19.1 Å². The lowest BCUT2D eigenvalue weighted by atomic mass is 10.1. The number of hydrogen-bond acceptors (Lipinski definition) is 4. The van der Waals surface area contributed by atoms with Crippen LogP contribution in [0.5, 0.6) is 0 Å². The van der Waals surface area contributed by atoms with Crippen LogP contribution in [0.25, 0.3) is 0 Å². The lowest BCUT2D eigenvalue weighted by Crippen LogP contribution is -2.12. The van der Waals surface area contributed by atoms with Crippen LogP contribution in [-0.2, 0) is 4.79 Å². The van der Waals surface area contributed by atoms with Crippen molar-refractivity contribution in [2.24, 2.45) is 9.98 Å². The first kappa shape index (κ1) is 14.2. The van der Waals surface area contributed by atoms with Crippen LogP contribution in [0.3, 0.4) is 0 Å². The summed E-state index contributed by atoms with van der Waals surface area (Å²) in [5.74, 6) is -0.257. The van der Waals surface area contributed by atoms with Gasteiger partial charge in [0.15, 0.2) is 17.4 Å². The number of thiophene rings is 1. The van der Waals surface area contributed by atoms with E-state index in [-0.39, 0.29) is 30.2 Å². The molecule has 5 heteroatoms. The fraction of sp³-hybridized carbons (Fsp3) is 0.231. The van der Waals surface area contributed by atoms with Crippen LogP contribution in [-0.4, -0.2) is 24.1 Å². The predicted molar refractivity (Wildman–Crippen MR) is 74.7 cm³/mol. The third-order valence-electron chi connectivity index (χ3n) is 2.12. The van der Waals surface area contributed by atoms with Crippen LogP contribution < -0.4 is 0 Å². The highest BCUT2D eigenvalue weighted by molar-refractivity contribution is 7.12. The lowest BCUT2D eigenvalue weighted by molar-refractivity contribution is -0.113. The molecule has 0 aliphatic carbocycles. The van der Waals surface area contributed by atoms with Crippen molar-refractivity contribution in [1.29, 1.82) is 0 Å². The van der Waals surface area contributed by atoms with E-state index >= 15 is 0 Å². The number of hydrogen-bond donors (Lipinski definition) is 0. The van der Waals surface area contributed by atoms with Crippen molar-refractivity contribution in [1.82, 2.24) is 0 Å². The highest BCUT2D eigenvalue weighted by atomic mass is 32.1. The van der Waals surface area contributed by atoms with Crippen molar-refractivity contribution in [3.8, 4) is 0 Å². The Morgan fingerprint density at radius 1 is 1.44 bits per heavy atom. The smallest absolute Gasteiger partial charge is 0.200 e. The van der Waals surface area contributed by atoms with Gasteiger partial charge in [0.25, 0.3) is 0 Å². The molecule has 0 radical (unpaired) electrons. The van der Waals surface area contributed by atoms with Gasteiger partial charge in [0, 0.05) is 19.0 Å². The van der Waals surface area contributed by atoms with Crippen LogP contribution in [0.4, 0.5) is 0 Å². The van der Waals surface area contributed by atoms with E-state index in [1.807, 2.05) is 11.4 Å². The molecule has 0 bridgehead atoms. The third-order valence-corrected chi connectivity index (χ3v) is 3.03. The second-order valence-electron chi connectivity index (χ2n) is 3.42. The maximum atomic E-state index is 11.7. The van der Waals surface area contributed by atoms with E-state index in [0.717, 1.165) is 0 Å². The Hall–Kier alpha value is -1.88. The second-order valence-corrected chi connectivity index (χ2v) is 4.36. The zero-order valence-corrected chi connectivity index (χ0v) is 10.9. The van der Waals surface area contributed by atoms with Gasteiger partial charge in [0.1, 0.15) is 0 Å². The Bertz CT molecular complexity index is 487. The van der Waals surface area contributed by atoms with E-state index < -0.39 is 0 Å². The van der Waals surface area contributed by atoms with Crippen molar-refractivity contribution in [2.75, 3.05) is 0 Å². The lowest BCUT2D eigenvalue weighted by Gasteiger charge is -1.98. The van der Waals surface area contributed by atoms with E-state index in [9.17, 15) is 9.59 Å². The number of carbonyl (C=O) groups excluding carboxylic acids is 2. The van der Waals surface area contributed by atoms with Crippen molar-refractivity contribution in [2.45, 2.75) is 19.8 Å². The summed E-state index contributed by atoms with van der Waals surface area (Å²) in [6.07, 6.45) is 3.44. The number of amidine groups is 1. The molecule has 1 rings (SSSR count). The minimum absolute atomic E-state index is 0.0344. The average molecular weight is 262 g/mol. The van der Waals surface area contributed by atoms with Gasteiger partial charge in [-0.15, -0.1) is 11.3 Å². The number of aliphatic imine (C=N–C) groups is 2. The molecule has 0 N–H and O–H groups in total. The van der Waals surface area contributed by atoms with Gasteiger partial charge in [-0.1, -0.05) is 12.1 Å². The first-order valence-electron chi connectivity index (χ1n) is 5.44. The molecule has 0 saturated carbocycles. The highest BCUT2D eigenvalue weighted by Crippen LogP contribution is 2.12. The van der Waals surface area contributed by atoms with Gasteiger partial charge < -0.3 is 0 Å². The minimum atomic E-state index is -0.270. The van der Waals surface area contributed by atoms with Crippen LogP contribution in [0.15, 0.2) is 39.8 Å². The zero-order chi connectivity index (χ0) is 13.4. The van der Waals surface area contributed by atoms with Crippen molar-refractivity contribution in [3.63, 3.8) is 0 Å². The first-order valence-corrected chi connectivity index (χ1v) is 6.32. The molecule has 0 fully saturated rings. The summed E-state index contributed by atoms with van der Waals surface area (Å²) in [7, 11) is 0. The Morgan fingerprint density at radius 3 is 2.78 bits per heavy atom. The first-order chi connectivity index (χ1) is 8.69. The van der Waals surface area contributed by atoms with E-state index in [1.165, 1.54) is 17.5 Å². The molecule has 0 amide bonds. The van der Waals surface area contributed by atoms with Crippen molar-refractivity contribution >= 4 is 35.5 Å². The molecule has 0 unspecified atom stereocenters. The van der Waals surface area contributed by atoms with Gasteiger partial charge in [-0.3, -0.25) is 9.59 Å². The average Bonchev–Trinajstić information content (AvgIpc) is 2.90. The fourth-order valence-corrected chi connectivity index (χ4v) is 1.94. The quantitative estimate of drug-likeness (QED) is 0.449. The molecular formula is C13H14N2O2S. The molecule has 0 atom stereocenters. The fourth-order valence-electron chi connectivity index (χ4n) is 1.25. The van der Waals surface area contributed by atoms with Crippen molar-refractivity contribution < 1.29 is 9.59 Å². The normalized spacial score (nSPS) is 11.7. The summed E-state index contributed by atoms with van der Waals surface area (Å²) in [6, 6.07) is 3.56. The molecule has 18 heavy (non-hydrogen) atoms. The molecule has 1 heterocycles. The summed E-state index contributed by atoms with van der Waals surface area (Å²) < 4.78 is 0. The molecule has 1 aromatic heterocycles. The maximum Gasteiger partial charge on any atom is 0.200 e. The summed E-state index contributed by atoms with van der Waals surface area (Å²) in [5.41, 5.74) is 0. The Labute approximate surface area is 110 Å². The predicted octanol–water partition coefficient (Wildman–Crippen LogP) is 2.91. The molecule has 94 valence electrons. The Balaban J connectivity index is 2.55. The molecule has 0 spiro atoms. The standard InChI is InChI=1S/C13H14N2O2S/c1-3-8-15-13(14-2)11(17)7-6-10(16)12-5-4-9-18-12/h3-5,8-9H,2,6-7H2,1H3/b8-3-,15-13?. The van der Waals surface area contributed by atoms with E-state index in [4.69, 9.17) is 0 Å². The van der Waals surface area contributed by atoms with Crippen LogP contribution in [0.2, 0.25) is 0 Å². The van der Waals surface area contributed by atoms with E-state index in [0.29, 0.717) is 4.88 Å². The Morgan fingerprint density at radius 2 is 2.22 bits per heavy atom. The third kappa shape index (κ3) is 4.18. The molecule has 4 nitrogen and oxygen atoms in total. The van der Waals surface area contributed by atoms with Crippen molar-refractivity contribution in [3.05, 3.63) is 34.7 Å². The molecule has 0 aliphatic heterocycles. The molecule has 1 aromatic rings. The summed E-state index contributed by atoms with van der Waals surface area (Å²) in [5, 5.41) is 1.83. The number of nitrogens with zero attached hydrogens (tertiary/aromatic N) is 2. The van der Waals surface area contributed by atoms with Gasteiger partial charge in [-0.25, -0.2) is 9.98 Å². The van der Waals surface area contributed by atoms with Crippen LogP contribution >= 0.6 is 11.3 Å². The van der Waals surface area contributed by atoms with Gasteiger partial charge in [-0.05, 0) is 25.1 Å². The Kier molecular flexibility index (Phi) is 5.87. The summed E-state index contributed by atoms with van der Waals surface area (Å²) in [4.78, 5) is 31.5. The maximum absolute atomic E-state index is 11.7. The number of Topliss-reactive ketones (excluding diaryl/α,β-unsaturated/α-hetero) is 2. The monoisotopic (exact) mass is 262 g/mol. The van der Waals surface area contributed by atoms with Crippen LogP contribution in [0, 0.1) is 0 Å². The summed E-state index contributed by atoms with van der Waals surface area (Å²) >= 11 is 1.37. The molecule has 0 aliphatic rings. The minimum Gasteiger partial charge on any atom is -0.293 e. The van der Waals surface area contributed by atoms with Gasteiger partial charge in [0.2, 0.25) is 0 Å². The second kappa shape index (κ2) is 7.45. The number of rotatable bonds is 6. The largest absolute Gasteiger partial charge is 0.293 e. The van der Waals surface area contributed by atoms with Gasteiger partial charge in [-0.2, -0.15) is 0 Å². The van der Waals surface area contributed by atoms with Gasteiger partial charge in [0.05, 0.1) is 4.88 Å². The highest BCUT2D eigenvalue weighted by Gasteiger charge is 2.13. The van der Waals surface area contributed by atoms with Gasteiger partial charge >= 0.3 is 0 Å². The molecular weight excluding hydrogens is 248 g/mol. The SMILES string of the molecule is C=NC(=N/C=C\C)C(=O)CCC(=O)c1cccs1. The number of ketones is 2. The topological polar surface area (TPSA) is 58.9 Å².